The van der Waals surface area contributed by atoms with Crippen molar-refractivity contribution in [2.75, 3.05) is 6.66 Å². The van der Waals surface area contributed by atoms with E-state index >= 15 is 0 Å². The maximum absolute atomic E-state index is 4.26. The molecule has 8 heavy (non-hydrogen) atoms. The van der Waals surface area contributed by atoms with Crippen molar-refractivity contribution in [2.45, 2.75) is 26.3 Å². The van der Waals surface area contributed by atoms with Gasteiger partial charge in [-0.2, -0.15) is 0 Å². The summed E-state index contributed by atoms with van der Waals surface area (Å²) in [5.74, 6) is 0. The Morgan fingerprint density at radius 2 is 1.75 bits per heavy atom. The van der Waals surface area contributed by atoms with Gasteiger partial charge in [0.25, 0.3) is 0 Å². The van der Waals surface area contributed by atoms with Gasteiger partial charge in [-0.3, -0.25) is 0 Å². The van der Waals surface area contributed by atoms with Crippen LogP contribution in [0.2, 0.25) is 0 Å². The Morgan fingerprint density at radius 3 is 1.75 bits per heavy atom. The topological polar surface area (TPSA) is 3.24 Å². The van der Waals surface area contributed by atoms with E-state index in [1.54, 1.807) is 0 Å². The second kappa shape index (κ2) is 3.05. The molecule has 0 amide bonds. The minimum absolute atomic E-state index is 0.219. The van der Waals surface area contributed by atoms with Crippen LogP contribution in [0.1, 0.15) is 20.8 Å². The minimum atomic E-state index is 0.219. The molecule has 0 aromatic heterocycles. The van der Waals surface area contributed by atoms with Crippen LogP contribution in [0, 0.1) is 0 Å². The Morgan fingerprint density at radius 1 is 1.38 bits per heavy atom. The second-order valence-electron chi connectivity index (χ2n) is 2.71. The van der Waals surface area contributed by atoms with Crippen LogP contribution in [0.5, 0.6) is 0 Å². The summed E-state index contributed by atoms with van der Waals surface area (Å²) in [7, 11) is 0.780. The third-order valence-corrected chi connectivity index (χ3v) is 3.14. The van der Waals surface area contributed by atoms with E-state index in [1.807, 2.05) is 4.08 Å². The lowest BCUT2D eigenvalue weighted by Crippen LogP contribution is -2.26. The van der Waals surface area contributed by atoms with Crippen molar-refractivity contribution in [3.8, 4) is 0 Å². The first-order valence-electron chi connectivity index (χ1n) is 2.65. The number of hydrogen-bond donors (Lipinski definition) is 1. The zero-order chi connectivity index (χ0) is 6.78. The number of thiol groups is 1. The highest BCUT2D eigenvalue weighted by molar-refractivity contribution is 7.82. The van der Waals surface area contributed by atoms with Crippen molar-refractivity contribution in [2.24, 2.45) is 0 Å². The maximum atomic E-state index is 4.26. The third-order valence-electron chi connectivity index (χ3n) is 0.847. The monoisotopic (exact) mass is 151 g/mol. The van der Waals surface area contributed by atoms with Crippen LogP contribution in [0.25, 0.3) is 0 Å². The molecule has 0 bridgehead atoms. The minimum Gasteiger partial charge on any atom is -0.229 e. The van der Waals surface area contributed by atoms with Gasteiger partial charge in [-0.15, -0.1) is 0 Å². The summed E-state index contributed by atoms with van der Waals surface area (Å²) < 4.78 is 2.03. The lowest BCUT2D eigenvalue weighted by molar-refractivity contribution is 0.411. The van der Waals surface area contributed by atoms with Gasteiger partial charge in [0.05, 0.1) is 0 Å². The number of nitrogens with zero attached hydrogens (tertiary/aromatic N) is 1. The smallest absolute Gasteiger partial charge is 0.0264 e. The highest BCUT2D eigenvalue weighted by Gasteiger charge is 2.15. The van der Waals surface area contributed by atoms with Crippen molar-refractivity contribution in [1.82, 2.24) is 4.08 Å². The number of rotatable bonds is 1. The normalized spacial score (nSPS) is 14.2. The molecule has 0 heterocycles. The van der Waals surface area contributed by atoms with Crippen LogP contribution >= 0.6 is 21.5 Å². The first-order valence-corrected chi connectivity index (χ1v) is 4.49. The zero-order valence-corrected chi connectivity index (χ0v) is 7.79. The third kappa shape index (κ3) is 2.91. The van der Waals surface area contributed by atoms with E-state index < -0.39 is 0 Å². The van der Waals surface area contributed by atoms with Crippen LogP contribution in [0.3, 0.4) is 0 Å². The molecule has 0 aliphatic carbocycles. The van der Waals surface area contributed by atoms with E-state index in [9.17, 15) is 0 Å². The fraction of sp³-hybridized carbons (Fsp3) is 1.00. The van der Waals surface area contributed by atoms with Crippen LogP contribution in [-0.2, 0) is 0 Å². The first-order chi connectivity index (χ1) is 3.48. The van der Waals surface area contributed by atoms with Gasteiger partial charge in [0.2, 0.25) is 0 Å². The molecule has 0 spiro atoms. The van der Waals surface area contributed by atoms with Crippen molar-refractivity contribution >= 4 is 21.5 Å². The largest absolute Gasteiger partial charge is 0.229 e. The highest BCUT2D eigenvalue weighted by atomic mass is 32.1. The molecule has 0 saturated carbocycles. The van der Waals surface area contributed by atoms with Crippen LogP contribution in [0.4, 0.5) is 0 Å². The van der Waals surface area contributed by atoms with Crippen molar-refractivity contribution in [3.05, 3.63) is 0 Å². The van der Waals surface area contributed by atoms with E-state index in [0.29, 0.717) is 0 Å². The molecule has 0 aliphatic heterocycles. The molecule has 1 nitrogen and oxygen atoms in total. The van der Waals surface area contributed by atoms with Gasteiger partial charge in [-0.25, -0.2) is 4.08 Å². The molecule has 0 saturated heterocycles. The fourth-order valence-electron chi connectivity index (χ4n) is 0.335. The lowest BCUT2D eigenvalue weighted by atomic mass is 10.1. The van der Waals surface area contributed by atoms with Gasteiger partial charge < -0.3 is 0 Å². The predicted molar refractivity (Wildman–Crippen MR) is 44.8 cm³/mol. The molecule has 3 heteroatoms. The zero-order valence-electron chi connectivity index (χ0n) is 5.89. The highest BCUT2D eigenvalue weighted by Crippen LogP contribution is 2.26. The maximum Gasteiger partial charge on any atom is 0.0264 e. The van der Waals surface area contributed by atoms with Crippen LogP contribution in [-0.4, -0.2) is 16.3 Å². The van der Waals surface area contributed by atoms with Crippen LogP contribution in [0.15, 0.2) is 0 Å². The lowest BCUT2D eigenvalue weighted by Gasteiger charge is -2.28. The predicted octanol–water partition coefficient (Wildman–Crippen LogP) is 2.16. The van der Waals surface area contributed by atoms with E-state index in [4.69, 9.17) is 0 Å². The molecule has 1 atom stereocenters. The summed E-state index contributed by atoms with van der Waals surface area (Å²) >= 11 is 4.26. The summed E-state index contributed by atoms with van der Waals surface area (Å²) in [6.45, 7) is 8.57. The summed E-state index contributed by atoms with van der Waals surface area (Å²) in [5, 5.41) is 0. The molecular weight excluding hydrogens is 137 g/mol. The Bertz CT molecular complexity index is 69.3. The van der Waals surface area contributed by atoms with E-state index in [2.05, 4.69) is 40.3 Å². The average Bonchev–Trinajstić information content (AvgIpc) is 1.62. The number of hydrogen-bond acceptors (Lipinski definition) is 2. The van der Waals surface area contributed by atoms with Crippen molar-refractivity contribution < 1.29 is 0 Å². The average molecular weight is 151 g/mol. The van der Waals surface area contributed by atoms with Gasteiger partial charge in [-0.1, -0.05) is 12.8 Å². The van der Waals surface area contributed by atoms with Crippen molar-refractivity contribution in [3.63, 3.8) is 0 Å². The molecule has 0 aromatic rings. The Kier molecular flexibility index (Phi) is 3.33. The first kappa shape index (κ1) is 8.74. The van der Waals surface area contributed by atoms with Gasteiger partial charge in [0.15, 0.2) is 0 Å². The summed E-state index contributed by atoms with van der Waals surface area (Å²) in [5.41, 5.74) is 0.219. The van der Waals surface area contributed by atoms with E-state index in [1.165, 1.54) is 0 Å². The molecule has 0 radical (unpaired) electrons. The molecule has 0 aliphatic rings. The molecule has 0 aromatic carbocycles. The SMILES string of the molecule is CPN(S)C(C)(C)C. The van der Waals surface area contributed by atoms with Gasteiger partial charge in [-0.05, 0) is 36.2 Å². The standard InChI is InChI=1S/C5H14NPS/c1-5(2,3)6(8)7-4/h7-8H,1-4H3. The molecule has 1 unspecified atom stereocenters. The van der Waals surface area contributed by atoms with E-state index in [0.717, 1.165) is 8.73 Å². The summed E-state index contributed by atoms with van der Waals surface area (Å²) in [6, 6.07) is 0. The quantitative estimate of drug-likeness (QED) is 0.444. The van der Waals surface area contributed by atoms with Crippen molar-refractivity contribution in [1.29, 1.82) is 0 Å². The molecule has 50 valence electrons. The van der Waals surface area contributed by atoms with Gasteiger partial charge >= 0.3 is 0 Å². The summed E-state index contributed by atoms with van der Waals surface area (Å²) in [6.07, 6.45) is 0. The molecule has 0 rings (SSSR count). The Balaban J connectivity index is 3.62. The summed E-state index contributed by atoms with van der Waals surface area (Å²) in [4.78, 5) is 0. The van der Waals surface area contributed by atoms with E-state index in [-0.39, 0.29) is 5.54 Å². The Labute approximate surface area is 59.2 Å². The second-order valence-corrected chi connectivity index (χ2v) is 4.38. The van der Waals surface area contributed by atoms with Gasteiger partial charge in [0.1, 0.15) is 0 Å². The molecular formula is C5H14NPS. The molecule has 0 fully saturated rings. The van der Waals surface area contributed by atoms with Gasteiger partial charge in [0, 0.05) is 5.54 Å². The van der Waals surface area contributed by atoms with Crippen LogP contribution < -0.4 is 0 Å². The molecule has 0 N–H and O–H groups in total. The Hall–Kier alpha value is 0.740. The fourth-order valence-corrected chi connectivity index (χ4v) is 1.01.